The molecule has 0 aliphatic heterocycles. The van der Waals surface area contributed by atoms with E-state index in [9.17, 15) is 14.9 Å². The lowest BCUT2D eigenvalue weighted by molar-refractivity contribution is -0.402. The van der Waals surface area contributed by atoms with Gasteiger partial charge in [0.1, 0.15) is 10.7 Å². The van der Waals surface area contributed by atoms with Crippen LogP contribution in [0.25, 0.3) is 10.2 Å². The molecule has 0 bridgehead atoms. The number of carbonyl (C=O) groups is 1. The standard InChI is InChI=1S/C20H13ClN4O5S/c1-29-14-5-7-16-17(10-14)31-20(23-16)24(19(26)12-3-2-4-13(21)9-12)22-11-15-6-8-18(30-15)25(27)28/h2-11H,1H3/b22-11+. The van der Waals surface area contributed by atoms with E-state index in [1.54, 1.807) is 43.5 Å². The summed E-state index contributed by atoms with van der Waals surface area (Å²) < 4.78 is 11.1. The van der Waals surface area contributed by atoms with E-state index in [2.05, 4.69) is 10.1 Å². The SMILES string of the molecule is COc1ccc2nc(N(/N=C/c3ccc([N+](=O)[O-])o3)C(=O)c3cccc(Cl)c3)sc2c1. The molecule has 156 valence electrons. The molecule has 0 radical (unpaired) electrons. The fourth-order valence-corrected chi connectivity index (χ4v) is 3.81. The van der Waals surface area contributed by atoms with E-state index >= 15 is 0 Å². The highest BCUT2D eigenvalue weighted by Crippen LogP contribution is 2.32. The third-order valence-corrected chi connectivity index (χ3v) is 5.35. The highest BCUT2D eigenvalue weighted by Gasteiger charge is 2.22. The van der Waals surface area contributed by atoms with Crippen LogP contribution in [-0.4, -0.2) is 29.1 Å². The van der Waals surface area contributed by atoms with E-state index in [-0.39, 0.29) is 5.76 Å². The zero-order valence-electron chi connectivity index (χ0n) is 15.9. The number of benzene rings is 2. The number of hydrazone groups is 1. The fraction of sp³-hybridized carbons (Fsp3) is 0.0500. The number of hydrogen-bond acceptors (Lipinski definition) is 8. The van der Waals surface area contributed by atoms with Crippen LogP contribution in [0.15, 0.2) is 64.1 Å². The van der Waals surface area contributed by atoms with Gasteiger partial charge in [-0.25, -0.2) is 4.98 Å². The molecule has 31 heavy (non-hydrogen) atoms. The molecule has 11 heteroatoms. The predicted molar refractivity (Wildman–Crippen MR) is 117 cm³/mol. The molecule has 0 saturated heterocycles. The number of thiazole rings is 1. The van der Waals surface area contributed by atoms with Crippen molar-refractivity contribution in [2.75, 3.05) is 12.1 Å². The number of rotatable bonds is 6. The molecule has 4 aromatic rings. The van der Waals surface area contributed by atoms with Gasteiger partial charge in [-0.3, -0.25) is 14.9 Å². The molecule has 0 aliphatic carbocycles. The number of fused-ring (bicyclic) bond motifs is 1. The van der Waals surface area contributed by atoms with Crippen molar-refractivity contribution in [1.82, 2.24) is 4.98 Å². The van der Waals surface area contributed by atoms with Crippen LogP contribution in [0.3, 0.4) is 0 Å². The van der Waals surface area contributed by atoms with Gasteiger partial charge < -0.3 is 9.15 Å². The van der Waals surface area contributed by atoms with Gasteiger partial charge in [-0.2, -0.15) is 10.1 Å². The van der Waals surface area contributed by atoms with Crippen LogP contribution in [0.5, 0.6) is 5.75 Å². The van der Waals surface area contributed by atoms with E-state index in [0.29, 0.717) is 27.0 Å². The third-order valence-electron chi connectivity index (χ3n) is 4.12. The number of aromatic nitrogens is 1. The minimum absolute atomic E-state index is 0.110. The molecule has 4 rings (SSSR count). The van der Waals surface area contributed by atoms with Gasteiger partial charge in [0, 0.05) is 10.6 Å². The van der Waals surface area contributed by atoms with Gasteiger partial charge >= 0.3 is 5.88 Å². The molecule has 9 nitrogen and oxygen atoms in total. The van der Waals surface area contributed by atoms with Gasteiger partial charge in [-0.1, -0.05) is 29.0 Å². The third kappa shape index (κ3) is 4.39. The second-order valence-electron chi connectivity index (χ2n) is 6.14. The molecule has 0 aliphatic rings. The van der Waals surface area contributed by atoms with Gasteiger partial charge in [0.2, 0.25) is 5.13 Å². The Morgan fingerprint density at radius 2 is 2.13 bits per heavy atom. The van der Waals surface area contributed by atoms with Crippen LogP contribution in [0.4, 0.5) is 11.0 Å². The maximum Gasteiger partial charge on any atom is 0.433 e. The summed E-state index contributed by atoms with van der Waals surface area (Å²) in [6, 6.07) is 14.3. The van der Waals surface area contributed by atoms with Gasteiger partial charge in [0.15, 0.2) is 5.76 Å². The number of amides is 1. The number of hydrogen-bond donors (Lipinski definition) is 0. The number of anilines is 1. The molecule has 2 aromatic carbocycles. The number of nitro groups is 1. The summed E-state index contributed by atoms with van der Waals surface area (Å²) in [6.07, 6.45) is 1.21. The summed E-state index contributed by atoms with van der Waals surface area (Å²) >= 11 is 7.26. The summed E-state index contributed by atoms with van der Waals surface area (Å²) in [7, 11) is 1.56. The molecular weight excluding hydrogens is 444 g/mol. The highest BCUT2D eigenvalue weighted by atomic mass is 35.5. The Morgan fingerprint density at radius 3 is 2.84 bits per heavy atom. The average molecular weight is 457 g/mol. The summed E-state index contributed by atoms with van der Waals surface area (Å²) in [4.78, 5) is 27.8. The highest BCUT2D eigenvalue weighted by molar-refractivity contribution is 7.22. The lowest BCUT2D eigenvalue weighted by Crippen LogP contribution is -2.25. The molecule has 0 spiro atoms. The van der Waals surface area contributed by atoms with E-state index in [4.69, 9.17) is 20.8 Å². The van der Waals surface area contributed by atoms with Crippen LogP contribution in [0, 0.1) is 10.1 Å². The van der Waals surface area contributed by atoms with Crippen molar-refractivity contribution in [2.24, 2.45) is 5.10 Å². The predicted octanol–water partition coefficient (Wildman–Crippen LogP) is 5.14. The van der Waals surface area contributed by atoms with Crippen molar-refractivity contribution in [3.63, 3.8) is 0 Å². The smallest absolute Gasteiger partial charge is 0.433 e. The first kappa shape index (κ1) is 20.5. The number of methoxy groups -OCH3 is 1. The molecule has 0 unspecified atom stereocenters. The van der Waals surface area contributed by atoms with E-state index in [0.717, 1.165) is 9.71 Å². The Morgan fingerprint density at radius 1 is 1.29 bits per heavy atom. The topological polar surface area (TPSA) is 111 Å². The summed E-state index contributed by atoms with van der Waals surface area (Å²) in [5.41, 5.74) is 0.959. The van der Waals surface area contributed by atoms with E-state index < -0.39 is 16.7 Å². The molecule has 0 atom stereocenters. The zero-order chi connectivity index (χ0) is 22.0. The molecule has 2 heterocycles. The Labute approximate surface area is 184 Å². The molecule has 2 aromatic heterocycles. The van der Waals surface area contributed by atoms with Crippen molar-refractivity contribution in [3.05, 3.63) is 81.1 Å². The zero-order valence-corrected chi connectivity index (χ0v) is 17.5. The monoisotopic (exact) mass is 456 g/mol. The number of nitrogens with zero attached hydrogens (tertiary/aromatic N) is 4. The molecule has 0 saturated carbocycles. The molecular formula is C20H13ClN4O5S. The van der Waals surface area contributed by atoms with Gasteiger partial charge in [-0.05, 0) is 42.5 Å². The minimum atomic E-state index is -0.660. The summed E-state index contributed by atoms with van der Waals surface area (Å²) in [6.45, 7) is 0. The Kier molecular flexibility index (Phi) is 5.65. The first-order chi connectivity index (χ1) is 14.9. The summed E-state index contributed by atoms with van der Waals surface area (Å²) in [5.74, 6) is -0.146. The normalized spacial score (nSPS) is 11.2. The van der Waals surface area contributed by atoms with Crippen LogP contribution in [0.2, 0.25) is 5.02 Å². The Bertz CT molecular complexity index is 1320. The van der Waals surface area contributed by atoms with Gasteiger partial charge in [-0.15, -0.1) is 0 Å². The van der Waals surface area contributed by atoms with Gasteiger partial charge in [0.05, 0.1) is 29.6 Å². The fourth-order valence-electron chi connectivity index (χ4n) is 2.67. The Balaban J connectivity index is 1.75. The molecule has 0 N–H and O–H groups in total. The number of furan rings is 1. The second kappa shape index (κ2) is 8.54. The van der Waals surface area contributed by atoms with Crippen LogP contribution in [0.1, 0.15) is 16.1 Å². The number of halogens is 1. The van der Waals surface area contributed by atoms with Crippen molar-refractivity contribution in [1.29, 1.82) is 0 Å². The lowest BCUT2D eigenvalue weighted by Gasteiger charge is -2.13. The van der Waals surface area contributed by atoms with Crippen LogP contribution >= 0.6 is 22.9 Å². The molecule has 0 fully saturated rings. The maximum absolute atomic E-state index is 13.2. The van der Waals surface area contributed by atoms with Crippen molar-refractivity contribution < 1.29 is 18.9 Å². The summed E-state index contributed by atoms with van der Waals surface area (Å²) in [5, 5.41) is 16.8. The van der Waals surface area contributed by atoms with Gasteiger partial charge in [0.25, 0.3) is 5.91 Å². The van der Waals surface area contributed by atoms with E-state index in [1.807, 2.05) is 0 Å². The lowest BCUT2D eigenvalue weighted by atomic mass is 10.2. The minimum Gasteiger partial charge on any atom is -0.497 e. The Hall–Kier alpha value is -3.76. The van der Waals surface area contributed by atoms with Crippen LogP contribution in [-0.2, 0) is 0 Å². The average Bonchev–Trinajstić information content (AvgIpc) is 3.40. The largest absolute Gasteiger partial charge is 0.497 e. The number of ether oxygens (including phenoxy) is 1. The first-order valence-electron chi connectivity index (χ1n) is 8.77. The first-order valence-corrected chi connectivity index (χ1v) is 9.97. The van der Waals surface area contributed by atoms with Crippen molar-refractivity contribution >= 4 is 56.3 Å². The van der Waals surface area contributed by atoms with Crippen LogP contribution < -0.4 is 9.75 Å². The van der Waals surface area contributed by atoms with Crippen molar-refractivity contribution in [2.45, 2.75) is 0 Å². The molecule has 1 amide bonds. The van der Waals surface area contributed by atoms with Crippen molar-refractivity contribution in [3.8, 4) is 5.75 Å². The second-order valence-corrected chi connectivity index (χ2v) is 7.58. The quantitative estimate of drug-likeness (QED) is 0.225. The van der Waals surface area contributed by atoms with E-state index in [1.165, 1.54) is 35.8 Å². The number of carbonyl (C=O) groups excluding carboxylic acids is 1. The maximum atomic E-state index is 13.2.